The van der Waals surface area contributed by atoms with Gasteiger partial charge >= 0.3 is 0 Å². The lowest BCUT2D eigenvalue weighted by Gasteiger charge is -2.45. The standard InChI is InChI=1S/C21H21Cl2F2NO4S2/c22-15-4-6-18(7-5-15)32(29,30)26-19(14-10-16(24)12-17(25)11-14)2-1-3-20(26)21(8-9-21)13-31(23,27)28/h4-7,10-12,19-20H,1-3,8-9,13H2/t19-,20+/m1/s1. The first-order chi connectivity index (χ1) is 14.9. The molecule has 1 aliphatic carbocycles. The third-order valence-corrected chi connectivity index (χ3v) is 9.72. The van der Waals surface area contributed by atoms with Crippen molar-refractivity contribution in [3.63, 3.8) is 0 Å². The second-order valence-corrected chi connectivity index (χ2v) is 13.6. The lowest BCUT2D eigenvalue weighted by atomic mass is 9.86. The zero-order valence-corrected chi connectivity index (χ0v) is 20.0. The predicted octanol–water partition coefficient (Wildman–Crippen LogP) is 5.25. The number of nitrogens with zero attached hydrogens (tertiary/aromatic N) is 1. The minimum absolute atomic E-state index is 0.0276. The number of rotatable bonds is 6. The highest BCUT2D eigenvalue weighted by Crippen LogP contribution is 2.57. The Bertz CT molecular complexity index is 1210. The molecule has 174 valence electrons. The maximum Gasteiger partial charge on any atom is 0.243 e. The van der Waals surface area contributed by atoms with Crippen molar-refractivity contribution in [2.45, 2.75) is 49.1 Å². The summed E-state index contributed by atoms with van der Waals surface area (Å²) in [4.78, 5) is -0.0276. The molecule has 5 nitrogen and oxygen atoms in total. The fraction of sp³-hybridized carbons (Fsp3) is 0.429. The number of piperidine rings is 1. The average molecular weight is 524 g/mol. The SMILES string of the molecule is O=S(=O)(Cl)CC1([C@@H]2CCC[C@H](c3cc(F)cc(F)c3)N2S(=O)(=O)c2ccc(Cl)cc2)CC1. The van der Waals surface area contributed by atoms with Gasteiger partial charge in [0.15, 0.2) is 0 Å². The van der Waals surface area contributed by atoms with Crippen LogP contribution in [-0.4, -0.2) is 32.9 Å². The van der Waals surface area contributed by atoms with E-state index in [2.05, 4.69) is 0 Å². The zero-order chi connectivity index (χ0) is 23.3. The number of benzene rings is 2. The van der Waals surface area contributed by atoms with Crippen LogP contribution in [0.2, 0.25) is 5.02 Å². The van der Waals surface area contributed by atoms with E-state index in [1.165, 1.54) is 28.6 Å². The van der Waals surface area contributed by atoms with E-state index >= 15 is 0 Å². The molecule has 0 bridgehead atoms. The molecule has 0 N–H and O–H groups in total. The highest BCUT2D eigenvalue weighted by Gasteiger charge is 2.58. The molecule has 2 atom stereocenters. The molecule has 0 unspecified atom stereocenters. The third-order valence-electron chi connectivity index (χ3n) is 6.29. The molecular formula is C21H21Cl2F2NO4S2. The van der Waals surface area contributed by atoms with Crippen LogP contribution in [0.15, 0.2) is 47.4 Å². The molecule has 11 heteroatoms. The van der Waals surface area contributed by atoms with Crippen molar-refractivity contribution < 1.29 is 25.6 Å². The first kappa shape index (κ1) is 23.9. The summed E-state index contributed by atoms with van der Waals surface area (Å²) in [6.07, 6.45) is 2.34. The van der Waals surface area contributed by atoms with E-state index in [1.54, 1.807) is 0 Å². The zero-order valence-electron chi connectivity index (χ0n) is 16.8. The largest absolute Gasteiger partial charge is 0.243 e. The Hall–Kier alpha value is -1.26. The van der Waals surface area contributed by atoms with E-state index in [4.69, 9.17) is 22.3 Å². The van der Waals surface area contributed by atoms with Gasteiger partial charge in [-0.15, -0.1) is 0 Å². The van der Waals surface area contributed by atoms with Gasteiger partial charge in [-0.05, 0) is 74.1 Å². The quantitative estimate of drug-likeness (QED) is 0.484. The number of sulfonamides is 1. The lowest BCUT2D eigenvalue weighted by Crippen LogP contribution is -2.51. The molecule has 1 saturated carbocycles. The maximum atomic E-state index is 14.0. The van der Waals surface area contributed by atoms with Gasteiger partial charge in [-0.1, -0.05) is 11.6 Å². The Morgan fingerprint density at radius 1 is 0.969 bits per heavy atom. The minimum Gasteiger partial charge on any atom is -0.212 e. The van der Waals surface area contributed by atoms with Gasteiger partial charge in [0.1, 0.15) is 11.6 Å². The molecule has 2 aliphatic rings. The highest BCUT2D eigenvalue weighted by molar-refractivity contribution is 8.13. The van der Waals surface area contributed by atoms with Crippen LogP contribution < -0.4 is 0 Å². The number of hydrogen-bond acceptors (Lipinski definition) is 4. The molecule has 1 heterocycles. The molecule has 2 aromatic carbocycles. The topological polar surface area (TPSA) is 71.5 Å². The van der Waals surface area contributed by atoms with Crippen molar-refractivity contribution in [2.24, 2.45) is 5.41 Å². The van der Waals surface area contributed by atoms with Crippen molar-refractivity contribution in [1.82, 2.24) is 4.31 Å². The minimum atomic E-state index is -4.16. The molecule has 1 aliphatic heterocycles. The molecule has 4 rings (SSSR count). The molecule has 2 aromatic rings. The average Bonchev–Trinajstić information content (AvgIpc) is 3.45. The van der Waals surface area contributed by atoms with E-state index in [9.17, 15) is 25.6 Å². The summed E-state index contributed by atoms with van der Waals surface area (Å²) in [5, 5.41) is 0.356. The monoisotopic (exact) mass is 523 g/mol. The summed E-state index contributed by atoms with van der Waals surface area (Å²) in [5.74, 6) is -1.98. The van der Waals surface area contributed by atoms with Crippen molar-refractivity contribution >= 4 is 41.4 Å². The summed E-state index contributed by atoms with van der Waals surface area (Å²) < 4.78 is 80.8. The van der Waals surface area contributed by atoms with Gasteiger partial charge < -0.3 is 0 Å². The van der Waals surface area contributed by atoms with Gasteiger partial charge in [-0.25, -0.2) is 25.6 Å². The summed E-state index contributed by atoms with van der Waals surface area (Å²) in [6.45, 7) is 0. The maximum absolute atomic E-state index is 14.0. The summed E-state index contributed by atoms with van der Waals surface area (Å²) >= 11 is 5.92. The lowest BCUT2D eigenvalue weighted by molar-refractivity contribution is 0.127. The molecule has 32 heavy (non-hydrogen) atoms. The van der Waals surface area contributed by atoms with Crippen molar-refractivity contribution in [1.29, 1.82) is 0 Å². The van der Waals surface area contributed by atoms with Crippen LogP contribution in [0.4, 0.5) is 8.78 Å². The fourth-order valence-electron chi connectivity index (χ4n) is 4.77. The van der Waals surface area contributed by atoms with Crippen LogP contribution in [0.3, 0.4) is 0 Å². The molecule has 0 aromatic heterocycles. The van der Waals surface area contributed by atoms with Gasteiger partial charge in [0.25, 0.3) is 0 Å². The predicted molar refractivity (Wildman–Crippen MR) is 119 cm³/mol. The summed E-state index contributed by atoms with van der Waals surface area (Å²) in [6, 6.07) is 7.06. The van der Waals surface area contributed by atoms with Crippen LogP contribution in [0.1, 0.15) is 43.7 Å². The van der Waals surface area contributed by atoms with Crippen LogP contribution in [0.25, 0.3) is 0 Å². The van der Waals surface area contributed by atoms with E-state index in [1.807, 2.05) is 0 Å². The van der Waals surface area contributed by atoms with Gasteiger partial charge in [0, 0.05) is 33.2 Å². The van der Waals surface area contributed by atoms with Crippen LogP contribution in [-0.2, 0) is 19.1 Å². The number of halogens is 4. The fourth-order valence-corrected chi connectivity index (χ4v) is 8.67. The summed E-state index contributed by atoms with van der Waals surface area (Å²) in [7, 11) is -2.49. The summed E-state index contributed by atoms with van der Waals surface area (Å²) in [5.41, 5.74) is -0.640. The molecule has 0 radical (unpaired) electrons. The Morgan fingerprint density at radius 2 is 1.56 bits per heavy atom. The molecular weight excluding hydrogens is 503 g/mol. The van der Waals surface area contributed by atoms with E-state index < -0.39 is 48.2 Å². The Morgan fingerprint density at radius 3 is 2.09 bits per heavy atom. The second-order valence-electron chi connectivity index (χ2n) is 8.50. The van der Waals surface area contributed by atoms with Crippen molar-refractivity contribution in [3.8, 4) is 0 Å². The van der Waals surface area contributed by atoms with Gasteiger partial charge in [-0.2, -0.15) is 4.31 Å². The van der Waals surface area contributed by atoms with Gasteiger partial charge in [-0.3, -0.25) is 0 Å². The van der Waals surface area contributed by atoms with Gasteiger partial charge in [0.05, 0.1) is 16.7 Å². The number of hydrogen-bond donors (Lipinski definition) is 0. The Kier molecular flexibility index (Phi) is 6.35. The van der Waals surface area contributed by atoms with E-state index in [-0.39, 0.29) is 16.2 Å². The Labute approximate surface area is 195 Å². The highest BCUT2D eigenvalue weighted by atomic mass is 35.7. The Balaban J connectivity index is 1.85. The van der Waals surface area contributed by atoms with Crippen LogP contribution >= 0.6 is 22.3 Å². The van der Waals surface area contributed by atoms with E-state index in [0.717, 1.165) is 18.2 Å². The first-order valence-corrected chi connectivity index (χ1v) is 14.4. The third kappa shape index (κ3) is 4.82. The second kappa shape index (κ2) is 8.51. The van der Waals surface area contributed by atoms with Crippen LogP contribution in [0.5, 0.6) is 0 Å². The van der Waals surface area contributed by atoms with Crippen LogP contribution in [0, 0.1) is 17.0 Å². The molecule has 0 amide bonds. The van der Waals surface area contributed by atoms with Crippen molar-refractivity contribution in [3.05, 3.63) is 64.7 Å². The molecule has 2 fully saturated rings. The van der Waals surface area contributed by atoms with E-state index in [0.29, 0.717) is 37.1 Å². The van der Waals surface area contributed by atoms with Crippen molar-refractivity contribution in [2.75, 3.05) is 5.75 Å². The first-order valence-electron chi connectivity index (χ1n) is 10.1. The van der Waals surface area contributed by atoms with Gasteiger partial charge in [0.2, 0.25) is 19.1 Å². The molecule has 0 spiro atoms. The molecule has 1 saturated heterocycles. The smallest absolute Gasteiger partial charge is 0.212 e. The normalized spacial score (nSPS) is 23.8.